The van der Waals surface area contributed by atoms with Crippen molar-refractivity contribution in [1.82, 2.24) is 14.4 Å². The van der Waals surface area contributed by atoms with Crippen LogP contribution in [0.2, 0.25) is 0 Å². The van der Waals surface area contributed by atoms with Gasteiger partial charge in [0.15, 0.2) is 0 Å². The van der Waals surface area contributed by atoms with Gasteiger partial charge < -0.3 is 0 Å². The highest BCUT2D eigenvalue weighted by atomic mass is 15.0. The van der Waals surface area contributed by atoms with Gasteiger partial charge in [-0.05, 0) is 93.0 Å². The van der Waals surface area contributed by atoms with Crippen molar-refractivity contribution in [2.45, 2.75) is 0 Å². The Morgan fingerprint density at radius 2 is 1.09 bits per heavy atom. The highest BCUT2D eigenvalue weighted by Crippen LogP contribution is 2.37. The molecule has 0 aliphatic rings. The molecule has 0 atom stereocenters. The first kappa shape index (κ1) is 23.9. The summed E-state index contributed by atoms with van der Waals surface area (Å²) in [6.45, 7) is 0. The molecule has 0 fully saturated rings. The van der Waals surface area contributed by atoms with Crippen molar-refractivity contribution in [3.05, 3.63) is 152 Å². The van der Waals surface area contributed by atoms with Crippen LogP contribution in [0.3, 0.4) is 0 Å². The quantitative estimate of drug-likeness (QED) is 0.206. The van der Waals surface area contributed by atoms with E-state index in [1.54, 1.807) is 0 Å². The van der Waals surface area contributed by atoms with Gasteiger partial charge in [-0.1, -0.05) is 91.0 Å². The molecule has 0 aliphatic carbocycles. The zero-order valence-electron chi connectivity index (χ0n) is 23.3. The van der Waals surface area contributed by atoms with E-state index in [1.165, 1.54) is 43.8 Å². The molecule has 200 valence electrons. The third kappa shape index (κ3) is 3.83. The lowest BCUT2D eigenvalue weighted by atomic mass is 9.95. The summed E-state index contributed by atoms with van der Waals surface area (Å²) in [5, 5.41) is 6.06. The molecular formula is C40H25N3. The van der Waals surface area contributed by atoms with E-state index in [9.17, 15) is 0 Å². The highest BCUT2D eigenvalue weighted by Gasteiger charge is 2.15. The van der Waals surface area contributed by atoms with E-state index in [4.69, 9.17) is 4.98 Å². The fraction of sp³-hybridized carbons (Fsp3) is 0. The summed E-state index contributed by atoms with van der Waals surface area (Å²) >= 11 is 0. The SMILES string of the molecule is c1ccc(-c2ccc(-c3ccc4c(c3)c3cc(-c5ccc6ccccc6c5)ccc3c3nc5ccccc5n43)cc2)nc1. The molecule has 0 bridgehead atoms. The van der Waals surface area contributed by atoms with E-state index in [1.807, 2.05) is 24.4 Å². The van der Waals surface area contributed by atoms with E-state index in [-0.39, 0.29) is 0 Å². The minimum absolute atomic E-state index is 0.981. The molecule has 9 aromatic rings. The van der Waals surface area contributed by atoms with Crippen LogP contribution in [0.1, 0.15) is 0 Å². The Morgan fingerprint density at radius 3 is 1.98 bits per heavy atom. The second kappa shape index (κ2) is 9.37. The van der Waals surface area contributed by atoms with Gasteiger partial charge in [-0.3, -0.25) is 9.38 Å². The predicted octanol–water partition coefficient (Wildman–Crippen LogP) is 10.3. The number of rotatable bonds is 3. The Hall–Kier alpha value is -5.80. The molecule has 0 saturated carbocycles. The molecule has 9 rings (SSSR count). The minimum Gasteiger partial charge on any atom is -0.292 e. The summed E-state index contributed by atoms with van der Waals surface area (Å²) in [5.41, 5.74) is 11.1. The number of pyridine rings is 2. The van der Waals surface area contributed by atoms with Crippen molar-refractivity contribution < 1.29 is 0 Å². The number of hydrogen-bond donors (Lipinski definition) is 0. The molecule has 0 aliphatic heterocycles. The number of fused-ring (bicyclic) bond motifs is 9. The van der Waals surface area contributed by atoms with Crippen LogP contribution < -0.4 is 0 Å². The largest absolute Gasteiger partial charge is 0.292 e. The van der Waals surface area contributed by atoms with Crippen molar-refractivity contribution in [1.29, 1.82) is 0 Å². The second-order valence-corrected chi connectivity index (χ2v) is 11.1. The van der Waals surface area contributed by atoms with Gasteiger partial charge in [0.2, 0.25) is 0 Å². The number of hydrogen-bond acceptors (Lipinski definition) is 2. The zero-order chi connectivity index (χ0) is 28.3. The molecule has 6 aromatic carbocycles. The first-order chi connectivity index (χ1) is 21.3. The molecular weight excluding hydrogens is 522 g/mol. The standard InChI is InChI=1S/C40H25N3/c1-2-8-29-23-30(17-14-26(29)7-1)32-18-20-33-34(24-32)35-25-31(27-12-15-28(16-13-27)36-9-5-6-22-41-36)19-21-38(35)43-39-11-4-3-10-37(39)42-40(33)43/h1-25H. The molecule has 3 aromatic heterocycles. The van der Waals surface area contributed by atoms with E-state index < -0.39 is 0 Å². The molecule has 0 saturated heterocycles. The molecule has 3 heteroatoms. The molecule has 3 heterocycles. The Labute approximate surface area is 248 Å². The smallest absolute Gasteiger partial charge is 0.146 e. The lowest BCUT2D eigenvalue weighted by molar-refractivity contribution is 1.31. The molecule has 0 unspecified atom stereocenters. The summed E-state index contributed by atoms with van der Waals surface area (Å²) in [6, 6.07) is 52.0. The van der Waals surface area contributed by atoms with Gasteiger partial charge in [-0.15, -0.1) is 0 Å². The van der Waals surface area contributed by atoms with Crippen LogP contribution in [-0.4, -0.2) is 14.4 Å². The van der Waals surface area contributed by atoms with Crippen molar-refractivity contribution in [2.24, 2.45) is 0 Å². The Kier molecular flexibility index (Phi) is 5.20. The molecule has 0 radical (unpaired) electrons. The van der Waals surface area contributed by atoms with Crippen molar-refractivity contribution in [3.63, 3.8) is 0 Å². The van der Waals surface area contributed by atoms with Crippen LogP contribution in [0, 0.1) is 0 Å². The third-order valence-electron chi connectivity index (χ3n) is 8.61. The van der Waals surface area contributed by atoms with Crippen LogP contribution in [0.5, 0.6) is 0 Å². The van der Waals surface area contributed by atoms with E-state index in [0.717, 1.165) is 38.8 Å². The summed E-state index contributed by atoms with van der Waals surface area (Å²) < 4.78 is 2.32. The lowest BCUT2D eigenvalue weighted by Gasteiger charge is -2.13. The van der Waals surface area contributed by atoms with Gasteiger partial charge in [-0.25, -0.2) is 4.98 Å². The van der Waals surface area contributed by atoms with Crippen molar-refractivity contribution in [2.75, 3.05) is 0 Å². The van der Waals surface area contributed by atoms with Gasteiger partial charge >= 0.3 is 0 Å². The maximum Gasteiger partial charge on any atom is 0.146 e. The first-order valence-corrected chi connectivity index (χ1v) is 14.6. The molecule has 3 nitrogen and oxygen atoms in total. The number of para-hydroxylation sites is 2. The maximum atomic E-state index is 5.11. The van der Waals surface area contributed by atoms with E-state index in [2.05, 4.69) is 137 Å². The summed E-state index contributed by atoms with van der Waals surface area (Å²) in [5.74, 6) is 0. The van der Waals surface area contributed by atoms with E-state index in [0.29, 0.717) is 0 Å². The van der Waals surface area contributed by atoms with Gasteiger partial charge in [-0.2, -0.15) is 0 Å². The van der Waals surface area contributed by atoms with Gasteiger partial charge in [0, 0.05) is 22.5 Å². The molecule has 0 spiro atoms. The average Bonchev–Trinajstić information content (AvgIpc) is 3.48. The summed E-state index contributed by atoms with van der Waals surface area (Å²) in [7, 11) is 0. The number of imidazole rings is 1. The average molecular weight is 548 g/mol. The van der Waals surface area contributed by atoms with Crippen molar-refractivity contribution >= 4 is 49.1 Å². The Balaban J connectivity index is 1.29. The normalized spacial score (nSPS) is 11.7. The monoisotopic (exact) mass is 547 g/mol. The maximum absolute atomic E-state index is 5.11. The summed E-state index contributed by atoms with van der Waals surface area (Å²) in [6.07, 6.45) is 1.84. The van der Waals surface area contributed by atoms with Crippen LogP contribution in [0.4, 0.5) is 0 Å². The number of aromatic nitrogens is 3. The predicted molar refractivity (Wildman–Crippen MR) is 179 cm³/mol. The molecule has 0 N–H and O–H groups in total. The van der Waals surface area contributed by atoms with Crippen LogP contribution >= 0.6 is 0 Å². The van der Waals surface area contributed by atoms with Gasteiger partial charge in [0.25, 0.3) is 0 Å². The van der Waals surface area contributed by atoms with Crippen LogP contribution in [-0.2, 0) is 0 Å². The molecule has 43 heavy (non-hydrogen) atoms. The Morgan fingerprint density at radius 1 is 0.419 bits per heavy atom. The Bertz CT molecular complexity index is 2490. The fourth-order valence-electron chi connectivity index (χ4n) is 6.45. The van der Waals surface area contributed by atoms with Crippen molar-refractivity contribution in [3.8, 4) is 33.5 Å². The first-order valence-electron chi connectivity index (χ1n) is 14.6. The highest BCUT2D eigenvalue weighted by molar-refractivity contribution is 6.15. The topological polar surface area (TPSA) is 30.2 Å². The zero-order valence-corrected chi connectivity index (χ0v) is 23.3. The second-order valence-electron chi connectivity index (χ2n) is 11.1. The molecule has 0 amide bonds. The lowest BCUT2D eigenvalue weighted by Crippen LogP contribution is -1.93. The van der Waals surface area contributed by atoms with E-state index >= 15 is 0 Å². The third-order valence-corrected chi connectivity index (χ3v) is 8.61. The minimum atomic E-state index is 0.981. The van der Waals surface area contributed by atoms with Gasteiger partial charge in [0.1, 0.15) is 5.65 Å². The van der Waals surface area contributed by atoms with Crippen LogP contribution in [0.25, 0.3) is 82.6 Å². The van der Waals surface area contributed by atoms with Crippen LogP contribution in [0.15, 0.2) is 152 Å². The summed E-state index contributed by atoms with van der Waals surface area (Å²) in [4.78, 5) is 9.63. The number of benzene rings is 6. The fourth-order valence-corrected chi connectivity index (χ4v) is 6.45. The van der Waals surface area contributed by atoms with Gasteiger partial charge in [0.05, 0.1) is 22.2 Å². The number of nitrogens with zero attached hydrogens (tertiary/aromatic N) is 3.